The predicted octanol–water partition coefficient (Wildman–Crippen LogP) is 1.78. The zero-order valence-electron chi connectivity index (χ0n) is 15.9. The largest absolute Gasteiger partial charge is 0.334 e. The molecule has 0 aliphatic carbocycles. The first kappa shape index (κ1) is 20.2. The predicted molar refractivity (Wildman–Crippen MR) is 108 cm³/mol. The number of benzene rings is 1. The van der Waals surface area contributed by atoms with E-state index in [0.717, 1.165) is 0 Å². The number of aryl methyl sites for hydroxylation is 1. The fourth-order valence-electron chi connectivity index (χ4n) is 2.85. The van der Waals surface area contributed by atoms with Crippen LogP contribution in [0.3, 0.4) is 0 Å². The van der Waals surface area contributed by atoms with E-state index in [1.165, 1.54) is 29.4 Å². The molecule has 2 aromatic heterocycles. The molecule has 8 nitrogen and oxygen atoms in total. The molecule has 0 spiro atoms. The number of amides is 1. The Morgan fingerprint density at radius 3 is 2.71 bits per heavy atom. The summed E-state index contributed by atoms with van der Waals surface area (Å²) in [6, 6.07) is 4.77. The van der Waals surface area contributed by atoms with Crippen molar-refractivity contribution in [3.8, 4) is 0 Å². The molecule has 0 bridgehead atoms. The number of hydrogen-bond acceptors (Lipinski definition) is 6. The van der Waals surface area contributed by atoms with E-state index in [1.807, 2.05) is 0 Å². The zero-order valence-corrected chi connectivity index (χ0v) is 17.5. The van der Waals surface area contributed by atoms with Gasteiger partial charge in [0.1, 0.15) is 10.5 Å². The summed E-state index contributed by atoms with van der Waals surface area (Å²) in [5.74, 6) is -0.0117. The summed E-state index contributed by atoms with van der Waals surface area (Å²) < 4.78 is 27.3. The van der Waals surface area contributed by atoms with Crippen LogP contribution in [0, 0.1) is 13.8 Å². The van der Waals surface area contributed by atoms with Crippen LogP contribution in [0.2, 0.25) is 0 Å². The Hall–Kier alpha value is -2.56. The van der Waals surface area contributed by atoms with Crippen LogP contribution < -0.4 is 10.3 Å². The molecular weight excluding hydrogens is 400 g/mol. The molecule has 148 valence electrons. The fourth-order valence-corrected chi connectivity index (χ4v) is 4.64. The molecule has 1 aromatic carbocycles. The van der Waals surface area contributed by atoms with Crippen molar-refractivity contribution < 1.29 is 13.2 Å². The molecule has 0 radical (unpaired) electrons. The quantitative estimate of drug-likeness (QED) is 0.653. The lowest BCUT2D eigenvalue weighted by Gasteiger charge is -2.18. The van der Waals surface area contributed by atoms with Crippen molar-refractivity contribution in [3.63, 3.8) is 0 Å². The lowest BCUT2D eigenvalue weighted by atomic mass is 10.1. The minimum atomic E-state index is -3.69. The average Bonchev–Trinajstić information content (AvgIpc) is 3.12. The third-order valence-electron chi connectivity index (χ3n) is 4.52. The Balaban J connectivity index is 1.93. The molecule has 0 saturated heterocycles. The monoisotopic (exact) mass is 420 g/mol. The molecule has 0 atom stereocenters. The van der Waals surface area contributed by atoms with Crippen molar-refractivity contribution >= 4 is 37.5 Å². The number of aromatic nitrogens is 2. The number of fused-ring (bicyclic) bond motifs is 1. The van der Waals surface area contributed by atoms with E-state index in [-0.39, 0.29) is 28.5 Å². The molecule has 28 heavy (non-hydrogen) atoms. The summed E-state index contributed by atoms with van der Waals surface area (Å²) in [4.78, 5) is 33.5. The highest BCUT2D eigenvalue weighted by molar-refractivity contribution is 7.89. The second-order valence-electron chi connectivity index (χ2n) is 6.43. The molecule has 1 amide bonds. The number of aromatic amines is 1. The standard InChI is InChI=1S/C18H20N4O4S2/c1-10-7-12(8-14(11(10)2)28(25,26)19-3)18(24)22(4)9-15-20-13-5-6-27-16(13)17(23)21-15/h5-8,19H,9H2,1-4H3,(H,20,21,23). The molecule has 3 rings (SSSR count). The van der Waals surface area contributed by atoms with Gasteiger partial charge in [-0.25, -0.2) is 18.1 Å². The second kappa shape index (κ2) is 7.46. The highest BCUT2D eigenvalue weighted by Gasteiger charge is 2.21. The van der Waals surface area contributed by atoms with Gasteiger partial charge >= 0.3 is 0 Å². The van der Waals surface area contributed by atoms with Gasteiger partial charge in [-0.2, -0.15) is 0 Å². The molecular formula is C18H20N4O4S2. The van der Waals surface area contributed by atoms with Gasteiger partial charge in [-0.1, -0.05) is 0 Å². The Labute approximate surface area is 166 Å². The molecule has 0 unspecified atom stereocenters. The molecule has 0 saturated carbocycles. The summed E-state index contributed by atoms with van der Waals surface area (Å²) >= 11 is 1.30. The van der Waals surface area contributed by atoms with E-state index in [1.54, 1.807) is 38.4 Å². The van der Waals surface area contributed by atoms with Gasteiger partial charge in [-0.15, -0.1) is 11.3 Å². The molecule has 3 aromatic rings. The van der Waals surface area contributed by atoms with Gasteiger partial charge in [0.25, 0.3) is 11.5 Å². The Morgan fingerprint density at radius 2 is 2.04 bits per heavy atom. The Morgan fingerprint density at radius 1 is 1.32 bits per heavy atom. The van der Waals surface area contributed by atoms with Gasteiger partial charge < -0.3 is 9.88 Å². The van der Waals surface area contributed by atoms with Crippen molar-refractivity contribution in [3.05, 3.63) is 56.4 Å². The first-order valence-corrected chi connectivity index (χ1v) is 10.8. The van der Waals surface area contributed by atoms with E-state index in [0.29, 0.717) is 27.2 Å². The second-order valence-corrected chi connectivity index (χ2v) is 9.20. The number of hydrogen-bond donors (Lipinski definition) is 2. The molecule has 0 fully saturated rings. The number of rotatable bonds is 5. The van der Waals surface area contributed by atoms with Gasteiger partial charge in [-0.05, 0) is 55.6 Å². The summed E-state index contributed by atoms with van der Waals surface area (Å²) in [7, 11) is -0.797. The smallest absolute Gasteiger partial charge is 0.268 e. The van der Waals surface area contributed by atoms with Crippen LogP contribution in [-0.2, 0) is 16.6 Å². The minimum absolute atomic E-state index is 0.0676. The van der Waals surface area contributed by atoms with Crippen molar-refractivity contribution in [1.82, 2.24) is 19.6 Å². The first-order valence-electron chi connectivity index (χ1n) is 8.40. The maximum Gasteiger partial charge on any atom is 0.268 e. The van der Waals surface area contributed by atoms with E-state index >= 15 is 0 Å². The number of carbonyl (C=O) groups is 1. The van der Waals surface area contributed by atoms with Gasteiger partial charge in [-0.3, -0.25) is 9.59 Å². The van der Waals surface area contributed by atoms with Crippen LogP contribution >= 0.6 is 11.3 Å². The van der Waals surface area contributed by atoms with Gasteiger partial charge in [0, 0.05) is 12.6 Å². The topological polar surface area (TPSA) is 112 Å². The lowest BCUT2D eigenvalue weighted by Crippen LogP contribution is -2.29. The van der Waals surface area contributed by atoms with Crippen LogP contribution in [0.5, 0.6) is 0 Å². The van der Waals surface area contributed by atoms with E-state index < -0.39 is 10.0 Å². The summed E-state index contributed by atoms with van der Waals surface area (Å²) in [5.41, 5.74) is 1.86. The third-order valence-corrected chi connectivity index (χ3v) is 6.97. The van der Waals surface area contributed by atoms with Crippen LogP contribution in [0.4, 0.5) is 0 Å². The van der Waals surface area contributed by atoms with Crippen LogP contribution in [0.1, 0.15) is 27.3 Å². The van der Waals surface area contributed by atoms with Gasteiger partial charge in [0.05, 0.1) is 17.0 Å². The molecule has 0 aliphatic rings. The zero-order chi connectivity index (χ0) is 20.6. The molecule has 10 heteroatoms. The third kappa shape index (κ3) is 3.71. The Kier molecular flexibility index (Phi) is 5.37. The first-order chi connectivity index (χ1) is 13.1. The average molecular weight is 421 g/mol. The highest BCUT2D eigenvalue weighted by atomic mass is 32.2. The lowest BCUT2D eigenvalue weighted by molar-refractivity contribution is 0.0781. The van der Waals surface area contributed by atoms with Crippen molar-refractivity contribution in [2.75, 3.05) is 14.1 Å². The molecule has 2 heterocycles. The number of nitrogens with zero attached hydrogens (tertiary/aromatic N) is 2. The van der Waals surface area contributed by atoms with Crippen molar-refractivity contribution in [2.45, 2.75) is 25.3 Å². The fraction of sp³-hybridized carbons (Fsp3) is 0.278. The normalized spacial score (nSPS) is 11.7. The molecule has 2 N–H and O–H groups in total. The maximum atomic E-state index is 12.9. The van der Waals surface area contributed by atoms with E-state index in [4.69, 9.17) is 0 Å². The number of sulfonamides is 1. The summed E-state index contributed by atoms with van der Waals surface area (Å²) in [6.45, 7) is 3.54. The number of thiophene rings is 1. The molecule has 0 aliphatic heterocycles. The number of carbonyl (C=O) groups excluding carboxylic acids is 1. The maximum absolute atomic E-state index is 12.9. The van der Waals surface area contributed by atoms with Gasteiger partial charge in [0.2, 0.25) is 10.0 Å². The highest BCUT2D eigenvalue weighted by Crippen LogP contribution is 2.22. The Bertz CT molecular complexity index is 1230. The SMILES string of the molecule is CNS(=O)(=O)c1cc(C(=O)N(C)Cc2nc3ccsc3c(=O)[nH]2)cc(C)c1C. The van der Waals surface area contributed by atoms with Crippen molar-refractivity contribution in [1.29, 1.82) is 0 Å². The van der Waals surface area contributed by atoms with Crippen molar-refractivity contribution in [2.24, 2.45) is 0 Å². The van der Waals surface area contributed by atoms with Gasteiger partial charge in [0.15, 0.2) is 0 Å². The number of H-pyrrole nitrogens is 1. The summed E-state index contributed by atoms with van der Waals surface area (Å²) in [5, 5.41) is 1.78. The minimum Gasteiger partial charge on any atom is -0.334 e. The van der Waals surface area contributed by atoms with Crippen LogP contribution in [-0.4, -0.2) is 43.3 Å². The van der Waals surface area contributed by atoms with E-state index in [9.17, 15) is 18.0 Å². The van der Waals surface area contributed by atoms with Crippen LogP contribution in [0.15, 0.2) is 33.3 Å². The van der Waals surface area contributed by atoms with E-state index in [2.05, 4.69) is 14.7 Å². The summed E-state index contributed by atoms with van der Waals surface area (Å²) in [6.07, 6.45) is 0. The number of nitrogens with one attached hydrogen (secondary N) is 2. The van der Waals surface area contributed by atoms with Crippen LogP contribution in [0.25, 0.3) is 10.2 Å².